The van der Waals surface area contributed by atoms with E-state index in [2.05, 4.69) is 9.71 Å². The van der Waals surface area contributed by atoms with E-state index < -0.39 is 33.5 Å². The molecule has 6 aliphatic rings. The molecule has 210 valence electrons. The van der Waals surface area contributed by atoms with Gasteiger partial charge in [-0.15, -0.1) is 4.40 Å². The SMILES string of the molecule is CC1(C)OC(NC23CC4CC(CC2C4)C3)=NS(=O)(=O)[C@H]1c1ccc(C2CCN(CCC(F)(F)F)CC2)cc1. The van der Waals surface area contributed by atoms with Crippen molar-refractivity contribution in [2.75, 3.05) is 19.6 Å². The number of alkyl halides is 3. The lowest BCUT2D eigenvalue weighted by Crippen LogP contribution is -2.55. The number of nitrogens with zero attached hydrogens (tertiary/aromatic N) is 2. The Morgan fingerprint density at radius 2 is 1.63 bits per heavy atom. The summed E-state index contributed by atoms with van der Waals surface area (Å²) < 4.78 is 75.1. The number of likely N-dealkylation sites (tertiary alicyclic amines) is 1. The molecule has 38 heavy (non-hydrogen) atoms. The van der Waals surface area contributed by atoms with Crippen LogP contribution in [0.3, 0.4) is 0 Å². The monoisotopic (exact) mass is 553 g/mol. The Labute approximate surface area is 223 Å². The van der Waals surface area contributed by atoms with E-state index >= 15 is 0 Å². The average Bonchev–Trinajstić information content (AvgIpc) is 3.19. The van der Waals surface area contributed by atoms with Gasteiger partial charge in [-0.25, -0.2) is 8.42 Å². The van der Waals surface area contributed by atoms with Crippen LogP contribution >= 0.6 is 0 Å². The maximum Gasteiger partial charge on any atom is 0.390 e. The third-order valence-corrected chi connectivity index (χ3v) is 11.7. The van der Waals surface area contributed by atoms with Gasteiger partial charge in [0.05, 0.1) is 6.42 Å². The fourth-order valence-electron chi connectivity index (χ4n) is 8.40. The largest absolute Gasteiger partial charge is 0.457 e. The van der Waals surface area contributed by atoms with Crippen molar-refractivity contribution >= 4 is 16.0 Å². The molecule has 0 radical (unpaired) electrons. The van der Waals surface area contributed by atoms with Gasteiger partial charge in [0.15, 0.2) is 0 Å². The molecule has 4 aliphatic carbocycles. The Kier molecular flexibility index (Phi) is 6.33. The first kappa shape index (κ1) is 26.4. The first-order valence-electron chi connectivity index (χ1n) is 14.0. The fourth-order valence-corrected chi connectivity index (χ4v) is 10.1. The number of benzene rings is 1. The van der Waals surface area contributed by atoms with Crippen molar-refractivity contribution in [2.45, 2.75) is 93.7 Å². The van der Waals surface area contributed by atoms with Crippen LogP contribution in [0.4, 0.5) is 13.2 Å². The van der Waals surface area contributed by atoms with Gasteiger partial charge in [0, 0.05) is 12.1 Å². The Hall–Kier alpha value is -1.81. The second-order valence-corrected chi connectivity index (χ2v) is 14.7. The highest BCUT2D eigenvalue weighted by Gasteiger charge is 2.59. The summed E-state index contributed by atoms with van der Waals surface area (Å²) in [6.07, 6.45) is 2.55. The standard InChI is InChI=1S/C28H38F3N3O3S/c1-26(2)24(22-5-3-20(4-6-22)21-7-10-34(11-8-21)12-9-28(29,30)31)38(35,36)33-25(37-26)32-27-16-18-13-19(17-27)15-23(27)14-18/h3-6,18-19,21,23-24H,7-17H2,1-2H3,(H,32,33)/t18?,19?,23?,24-,27?/m0/s1. The Bertz CT molecular complexity index is 1180. The molecule has 2 heterocycles. The number of piperidine rings is 1. The van der Waals surface area contributed by atoms with Crippen LogP contribution in [0.15, 0.2) is 28.7 Å². The summed E-state index contributed by atoms with van der Waals surface area (Å²) in [6, 6.07) is 7.77. The molecule has 1 aromatic rings. The molecule has 4 bridgehead atoms. The van der Waals surface area contributed by atoms with E-state index in [9.17, 15) is 21.6 Å². The Morgan fingerprint density at radius 3 is 2.21 bits per heavy atom. The molecular weight excluding hydrogens is 515 g/mol. The zero-order valence-electron chi connectivity index (χ0n) is 22.1. The predicted octanol–water partition coefficient (Wildman–Crippen LogP) is 5.52. The van der Waals surface area contributed by atoms with E-state index in [-0.39, 0.29) is 24.0 Å². The summed E-state index contributed by atoms with van der Waals surface area (Å²) in [4.78, 5) is 1.87. The summed E-state index contributed by atoms with van der Waals surface area (Å²) >= 11 is 0. The molecule has 1 saturated heterocycles. The zero-order chi connectivity index (χ0) is 26.9. The molecule has 7 rings (SSSR count). The van der Waals surface area contributed by atoms with Crippen molar-refractivity contribution in [2.24, 2.45) is 22.2 Å². The normalized spacial score (nSPS) is 36.2. The van der Waals surface area contributed by atoms with E-state index in [4.69, 9.17) is 4.74 Å². The molecule has 1 N–H and O–H groups in total. The maximum absolute atomic E-state index is 13.5. The number of hydrogen-bond donors (Lipinski definition) is 1. The number of rotatable bonds is 5. The lowest BCUT2D eigenvalue weighted by atomic mass is 9.80. The van der Waals surface area contributed by atoms with Gasteiger partial charge in [0.1, 0.15) is 10.9 Å². The van der Waals surface area contributed by atoms with Gasteiger partial charge >= 0.3 is 12.2 Å². The van der Waals surface area contributed by atoms with E-state index in [0.717, 1.165) is 43.1 Å². The highest BCUT2D eigenvalue weighted by Crippen LogP contribution is 2.60. The molecule has 3 atom stereocenters. The molecule has 0 spiro atoms. The number of hydrogen-bond acceptors (Lipinski definition) is 5. The second kappa shape index (κ2) is 9.11. The van der Waals surface area contributed by atoms with Crippen LogP contribution in [-0.2, 0) is 14.8 Å². The van der Waals surface area contributed by atoms with Crippen LogP contribution < -0.4 is 5.32 Å². The number of ether oxygens (including phenoxy) is 1. The zero-order valence-corrected chi connectivity index (χ0v) is 23.0. The van der Waals surface area contributed by atoms with Crippen LogP contribution in [0.1, 0.15) is 87.5 Å². The van der Waals surface area contributed by atoms with Gasteiger partial charge in [0.2, 0.25) is 0 Å². The lowest BCUT2D eigenvalue weighted by Gasteiger charge is -2.41. The molecule has 10 heteroatoms. The minimum atomic E-state index is -4.13. The second-order valence-electron chi connectivity index (χ2n) is 13.0. The van der Waals surface area contributed by atoms with Gasteiger partial charge in [0.25, 0.3) is 10.0 Å². The molecule has 2 unspecified atom stereocenters. The van der Waals surface area contributed by atoms with Crippen molar-refractivity contribution in [3.63, 3.8) is 0 Å². The molecule has 4 saturated carbocycles. The molecule has 0 aromatic heterocycles. The van der Waals surface area contributed by atoms with Crippen molar-refractivity contribution in [3.05, 3.63) is 35.4 Å². The Balaban J connectivity index is 1.13. The molecule has 1 aromatic carbocycles. The Morgan fingerprint density at radius 1 is 1.03 bits per heavy atom. The predicted molar refractivity (Wildman–Crippen MR) is 139 cm³/mol. The topological polar surface area (TPSA) is 71.0 Å². The van der Waals surface area contributed by atoms with Gasteiger partial charge in [-0.2, -0.15) is 13.2 Å². The van der Waals surface area contributed by atoms with Crippen LogP contribution in [0, 0.1) is 17.8 Å². The number of sulfonamides is 1. The third kappa shape index (κ3) is 4.95. The van der Waals surface area contributed by atoms with Crippen LogP contribution in [0.25, 0.3) is 0 Å². The molecule has 6 nitrogen and oxygen atoms in total. The highest BCUT2D eigenvalue weighted by molar-refractivity contribution is 7.90. The van der Waals surface area contributed by atoms with E-state index in [1.807, 2.05) is 43.0 Å². The fraction of sp³-hybridized carbons (Fsp3) is 0.750. The van der Waals surface area contributed by atoms with Gasteiger partial charge in [-0.1, -0.05) is 24.3 Å². The van der Waals surface area contributed by atoms with Gasteiger partial charge in [-0.05, 0) is 107 Å². The summed E-state index contributed by atoms with van der Waals surface area (Å²) in [5.74, 6) is 2.29. The maximum atomic E-state index is 13.5. The first-order valence-corrected chi connectivity index (χ1v) is 15.5. The van der Waals surface area contributed by atoms with Gasteiger partial charge in [-0.3, -0.25) is 0 Å². The summed E-state index contributed by atoms with van der Waals surface area (Å²) in [6.45, 7) is 4.94. The van der Waals surface area contributed by atoms with E-state index in [0.29, 0.717) is 24.6 Å². The minimum absolute atomic E-state index is 0.0457. The highest BCUT2D eigenvalue weighted by atomic mass is 32.2. The van der Waals surface area contributed by atoms with Crippen LogP contribution in [-0.4, -0.2) is 56.3 Å². The summed E-state index contributed by atoms with van der Waals surface area (Å²) in [5.41, 5.74) is 0.659. The third-order valence-electron chi connectivity index (χ3n) is 9.85. The minimum Gasteiger partial charge on any atom is -0.457 e. The van der Waals surface area contributed by atoms with Crippen molar-refractivity contribution in [3.8, 4) is 0 Å². The number of amidine groups is 1. The quantitative estimate of drug-likeness (QED) is 0.520. The smallest absolute Gasteiger partial charge is 0.390 e. The lowest BCUT2D eigenvalue weighted by molar-refractivity contribution is -0.138. The van der Waals surface area contributed by atoms with Crippen LogP contribution in [0.5, 0.6) is 0 Å². The van der Waals surface area contributed by atoms with E-state index in [1.165, 1.54) is 19.3 Å². The number of nitrogens with one attached hydrogen (secondary N) is 1. The summed E-state index contributed by atoms with van der Waals surface area (Å²) in [5, 5.41) is 2.57. The van der Waals surface area contributed by atoms with Crippen molar-refractivity contribution < 1.29 is 26.3 Å². The molecule has 5 fully saturated rings. The van der Waals surface area contributed by atoms with Gasteiger partial charge < -0.3 is 15.0 Å². The number of halogens is 3. The van der Waals surface area contributed by atoms with Crippen molar-refractivity contribution in [1.82, 2.24) is 10.2 Å². The summed E-state index contributed by atoms with van der Waals surface area (Å²) in [7, 11) is -3.87. The van der Waals surface area contributed by atoms with Crippen LogP contribution in [0.2, 0.25) is 0 Å². The average molecular weight is 554 g/mol. The first-order chi connectivity index (χ1) is 17.8. The molecular formula is C28H38F3N3O3S. The molecule has 2 aliphatic heterocycles. The van der Waals surface area contributed by atoms with E-state index in [1.54, 1.807) is 0 Å². The van der Waals surface area contributed by atoms with Crippen molar-refractivity contribution in [1.29, 1.82) is 0 Å². The molecule has 0 amide bonds.